The Morgan fingerprint density at radius 1 is 1.38 bits per heavy atom. The summed E-state index contributed by atoms with van der Waals surface area (Å²) in [6.07, 6.45) is 1.47. The normalized spacial score (nSPS) is 17.7. The first-order valence-corrected chi connectivity index (χ1v) is 6.95. The van der Waals surface area contributed by atoms with Crippen molar-refractivity contribution in [3.8, 4) is 0 Å². The Morgan fingerprint density at radius 3 is 2.76 bits per heavy atom. The number of carboxylic acids is 1. The Labute approximate surface area is 122 Å². The number of hydrogen-bond donors (Lipinski definition) is 1. The average molecular weight is 295 g/mol. The highest BCUT2D eigenvalue weighted by Crippen LogP contribution is 2.16. The predicted molar refractivity (Wildman–Crippen MR) is 73.5 cm³/mol. The van der Waals surface area contributed by atoms with Crippen LogP contribution in [0.4, 0.5) is 4.39 Å². The van der Waals surface area contributed by atoms with Gasteiger partial charge in [0.25, 0.3) is 5.91 Å². The maximum Gasteiger partial charge on any atom is 0.305 e. The molecule has 1 N–H and O–H groups in total. The van der Waals surface area contributed by atoms with Gasteiger partial charge in [-0.1, -0.05) is 12.1 Å². The summed E-state index contributed by atoms with van der Waals surface area (Å²) in [7, 11) is 0. The van der Waals surface area contributed by atoms with Crippen LogP contribution in [-0.2, 0) is 9.53 Å². The Morgan fingerprint density at radius 2 is 2.14 bits per heavy atom. The summed E-state index contributed by atoms with van der Waals surface area (Å²) in [6.45, 7) is 0.980. The molecule has 5 nitrogen and oxygen atoms in total. The third-order valence-electron chi connectivity index (χ3n) is 3.44. The van der Waals surface area contributed by atoms with Crippen molar-refractivity contribution in [1.82, 2.24) is 4.90 Å². The molecule has 0 aromatic heterocycles. The molecule has 1 fully saturated rings. The van der Waals surface area contributed by atoms with Gasteiger partial charge >= 0.3 is 5.97 Å². The lowest BCUT2D eigenvalue weighted by atomic mass is 10.1. The molecule has 0 saturated carbocycles. The van der Waals surface area contributed by atoms with E-state index in [9.17, 15) is 14.0 Å². The molecular weight excluding hydrogens is 277 g/mol. The van der Waals surface area contributed by atoms with E-state index < -0.39 is 17.7 Å². The van der Waals surface area contributed by atoms with Gasteiger partial charge in [0.15, 0.2) is 0 Å². The van der Waals surface area contributed by atoms with Gasteiger partial charge in [0, 0.05) is 19.7 Å². The minimum absolute atomic E-state index is 0.0408. The van der Waals surface area contributed by atoms with Crippen LogP contribution >= 0.6 is 0 Å². The van der Waals surface area contributed by atoms with E-state index in [0.717, 1.165) is 12.8 Å². The van der Waals surface area contributed by atoms with E-state index in [0.29, 0.717) is 13.2 Å². The van der Waals surface area contributed by atoms with Crippen LogP contribution in [0.2, 0.25) is 0 Å². The summed E-state index contributed by atoms with van der Waals surface area (Å²) >= 11 is 0. The summed E-state index contributed by atoms with van der Waals surface area (Å²) in [5, 5.41) is 8.79. The highest BCUT2D eigenvalue weighted by Gasteiger charge is 2.25. The zero-order valence-corrected chi connectivity index (χ0v) is 11.6. The van der Waals surface area contributed by atoms with E-state index in [1.54, 1.807) is 6.07 Å². The molecule has 114 valence electrons. The first-order chi connectivity index (χ1) is 10.1. The molecule has 1 aromatic carbocycles. The fraction of sp³-hybridized carbons (Fsp3) is 0.467. The van der Waals surface area contributed by atoms with Crippen molar-refractivity contribution >= 4 is 11.9 Å². The van der Waals surface area contributed by atoms with Gasteiger partial charge in [-0.3, -0.25) is 9.59 Å². The SMILES string of the molecule is O=C(O)CCN(CC1CCCO1)C(=O)c1ccccc1F. The topological polar surface area (TPSA) is 66.8 Å². The molecule has 1 heterocycles. The summed E-state index contributed by atoms with van der Waals surface area (Å²) < 4.78 is 19.2. The van der Waals surface area contributed by atoms with Gasteiger partial charge < -0.3 is 14.7 Å². The molecule has 1 amide bonds. The Bertz CT molecular complexity index is 514. The Hall–Kier alpha value is -1.95. The number of aliphatic carboxylic acids is 1. The van der Waals surface area contributed by atoms with Crippen molar-refractivity contribution in [2.24, 2.45) is 0 Å². The number of carboxylic acid groups (broad SMARTS) is 1. The second kappa shape index (κ2) is 7.17. The summed E-state index contributed by atoms with van der Waals surface area (Å²) in [5.41, 5.74) is -0.0408. The van der Waals surface area contributed by atoms with E-state index in [1.807, 2.05) is 0 Å². The van der Waals surface area contributed by atoms with Crippen LogP contribution in [0.15, 0.2) is 24.3 Å². The van der Waals surface area contributed by atoms with Crippen LogP contribution in [0.1, 0.15) is 29.6 Å². The van der Waals surface area contributed by atoms with Crippen LogP contribution in [0, 0.1) is 5.82 Å². The zero-order valence-electron chi connectivity index (χ0n) is 11.6. The third-order valence-corrected chi connectivity index (χ3v) is 3.44. The van der Waals surface area contributed by atoms with Crippen LogP contribution < -0.4 is 0 Å². The number of ether oxygens (including phenoxy) is 1. The predicted octanol–water partition coefficient (Wildman–Crippen LogP) is 1.92. The van der Waals surface area contributed by atoms with Crippen LogP contribution in [0.5, 0.6) is 0 Å². The lowest BCUT2D eigenvalue weighted by molar-refractivity contribution is -0.137. The lowest BCUT2D eigenvalue weighted by Crippen LogP contribution is -2.39. The molecular formula is C15H18FNO4. The second-order valence-corrected chi connectivity index (χ2v) is 5.01. The molecule has 1 unspecified atom stereocenters. The van der Waals surface area contributed by atoms with Gasteiger partial charge in [-0.05, 0) is 25.0 Å². The molecule has 21 heavy (non-hydrogen) atoms. The van der Waals surface area contributed by atoms with Gasteiger partial charge in [-0.15, -0.1) is 0 Å². The molecule has 0 aliphatic carbocycles. The Kier molecular flexibility index (Phi) is 5.27. The second-order valence-electron chi connectivity index (χ2n) is 5.01. The molecule has 0 bridgehead atoms. The smallest absolute Gasteiger partial charge is 0.305 e. The van der Waals surface area contributed by atoms with Gasteiger partial charge in [-0.2, -0.15) is 0 Å². The first kappa shape index (κ1) is 15.4. The number of rotatable bonds is 6. The van der Waals surface area contributed by atoms with Crippen molar-refractivity contribution in [3.05, 3.63) is 35.6 Å². The zero-order chi connectivity index (χ0) is 15.2. The van der Waals surface area contributed by atoms with Crippen LogP contribution in [0.25, 0.3) is 0 Å². The highest BCUT2D eigenvalue weighted by atomic mass is 19.1. The van der Waals surface area contributed by atoms with Gasteiger partial charge in [0.2, 0.25) is 0 Å². The molecule has 1 aliphatic rings. The average Bonchev–Trinajstić information content (AvgIpc) is 2.96. The van der Waals surface area contributed by atoms with Crippen molar-refractivity contribution in [3.63, 3.8) is 0 Å². The molecule has 2 rings (SSSR count). The summed E-state index contributed by atoms with van der Waals surface area (Å²) in [5.74, 6) is -2.09. The molecule has 1 aromatic rings. The van der Waals surface area contributed by atoms with E-state index >= 15 is 0 Å². The third kappa shape index (κ3) is 4.26. The number of nitrogens with zero attached hydrogens (tertiary/aromatic N) is 1. The number of hydrogen-bond acceptors (Lipinski definition) is 3. The number of amides is 1. The summed E-state index contributed by atoms with van der Waals surface area (Å²) in [6, 6.07) is 5.71. The molecule has 0 radical (unpaired) electrons. The first-order valence-electron chi connectivity index (χ1n) is 6.95. The number of carbonyl (C=O) groups is 2. The van der Waals surface area contributed by atoms with Gasteiger partial charge in [0.1, 0.15) is 5.82 Å². The molecule has 0 spiro atoms. The minimum atomic E-state index is -0.992. The Balaban J connectivity index is 2.10. The van der Waals surface area contributed by atoms with Crippen LogP contribution in [0.3, 0.4) is 0 Å². The number of benzene rings is 1. The largest absolute Gasteiger partial charge is 0.481 e. The quantitative estimate of drug-likeness (QED) is 0.870. The minimum Gasteiger partial charge on any atom is -0.481 e. The molecule has 6 heteroatoms. The van der Waals surface area contributed by atoms with Crippen molar-refractivity contribution in [2.45, 2.75) is 25.4 Å². The van der Waals surface area contributed by atoms with Crippen molar-refractivity contribution in [1.29, 1.82) is 0 Å². The number of carbonyl (C=O) groups excluding carboxylic acids is 1. The summed E-state index contributed by atoms with van der Waals surface area (Å²) in [4.78, 5) is 24.5. The van der Waals surface area contributed by atoms with E-state index in [1.165, 1.54) is 23.1 Å². The standard InChI is InChI=1S/C15H18FNO4/c16-13-6-2-1-5-12(13)15(20)17(8-7-14(18)19)10-11-4-3-9-21-11/h1-2,5-6,11H,3-4,7-10H2,(H,18,19). The maximum atomic E-state index is 13.7. The van der Waals surface area contributed by atoms with Crippen molar-refractivity contribution in [2.75, 3.05) is 19.7 Å². The molecule has 1 atom stereocenters. The van der Waals surface area contributed by atoms with Crippen LogP contribution in [-0.4, -0.2) is 47.7 Å². The monoisotopic (exact) mass is 295 g/mol. The molecule has 1 saturated heterocycles. The lowest BCUT2D eigenvalue weighted by Gasteiger charge is -2.25. The van der Waals surface area contributed by atoms with Gasteiger partial charge in [0.05, 0.1) is 18.1 Å². The van der Waals surface area contributed by atoms with E-state index in [2.05, 4.69) is 0 Å². The van der Waals surface area contributed by atoms with Gasteiger partial charge in [-0.25, -0.2) is 4.39 Å². The van der Waals surface area contributed by atoms with Crippen molar-refractivity contribution < 1.29 is 23.8 Å². The van der Waals surface area contributed by atoms with E-state index in [4.69, 9.17) is 9.84 Å². The van der Waals surface area contributed by atoms with E-state index in [-0.39, 0.29) is 24.6 Å². The highest BCUT2D eigenvalue weighted by molar-refractivity contribution is 5.94. The fourth-order valence-electron chi connectivity index (χ4n) is 2.35. The number of halogens is 1. The molecule has 1 aliphatic heterocycles. The fourth-order valence-corrected chi connectivity index (χ4v) is 2.35. The maximum absolute atomic E-state index is 13.7.